The Balaban J connectivity index is 1.44. The van der Waals surface area contributed by atoms with E-state index in [1.54, 1.807) is 36.4 Å². The summed E-state index contributed by atoms with van der Waals surface area (Å²) < 4.78 is 38.4. The number of rotatable bonds is 7. The molecule has 162 valence electrons. The van der Waals surface area contributed by atoms with Gasteiger partial charge in [-0.3, -0.25) is 4.90 Å². The predicted octanol–water partition coefficient (Wildman–Crippen LogP) is 4.56. The molecule has 3 rings (SSSR count). The van der Waals surface area contributed by atoms with E-state index in [4.69, 9.17) is 9.47 Å². The van der Waals surface area contributed by atoms with Gasteiger partial charge in [-0.15, -0.1) is 0 Å². The lowest BCUT2D eigenvalue weighted by molar-refractivity contribution is 0.0965. The molecule has 1 amide bonds. The minimum Gasteiger partial charge on any atom is -0.493 e. The van der Waals surface area contributed by atoms with Crippen LogP contribution < -0.4 is 14.8 Å². The van der Waals surface area contributed by atoms with E-state index in [0.29, 0.717) is 43.5 Å². The van der Waals surface area contributed by atoms with Crippen molar-refractivity contribution < 1.29 is 23.0 Å². The van der Waals surface area contributed by atoms with Crippen LogP contribution in [0, 0.1) is 11.7 Å². The first kappa shape index (κ1) is 22.0. The molecule has 2 aromatic rings. The minimum absolute atomic E-state index is 0.199. The van der Waals surface area contributed by atoms with Crippen LogP contribution in [0.25, 0.3) is 0 Å². The zero-order chi connectivity index (χ0) is 21.5. The Labute approximate surface area is 176 Å². The average Bonchev–Trinajstić information content (AvgIpc) is 2.71. The van der Waals surface area contributed by atoms with Gasteiger partial charge in [0.1, 0.15) is 23.5 Å². The molecule has 0 aliphatic carbocycles. The van der Waals surface area contributed by atoms with Crippen molar-refractivity contribution in [1.82, 2.24) is 10.2 Å². The molecule has 1 fully saturated rings. The Morgan fingerprint density at radius 1 is 1.13 bits per heavy atom. The van der Waals surface area contributed by atoms with Crippen LogP contribution in [0.4, 0.5) is 13.6 Å². The molecule has 1 aliphatic rings. The third-order valence-corrected chi connectivity index (χ3v) is 4.87. The number of carbonyl (C=O) groups excluding carboxylic acids is 1. The summed E-state index contributed by atoms with van der Waals surface area (Å²) in [5, 5.41) is 2.62. The number of halogens is 2. The van der Waals surface area contributed by atoms with E-state index in [-0.39, 0.29) is 12.4 Å². The minimum atomic E-state index is -1.21. The Kier molecular flexibility index (Phi) is 7.63. The molecule has 5 nitrogen and oxygen atoms in total. The van der Waals surface area contributed by atoms with Crippen molar-refractivity contribution in [1.29, 1.82) is 0 Å². The van der Waals surface area contributed by atoms with Crippen molar-refractivity contribution in [3.05, 3.63) is 59.9 Å². The molecular formula is C23H28F2N2O3. The fourth-order valence-corrected chi connectivity index (χ4v) is 3.28. The van der Waals surface area contributed by atoms with Crippen molar-refractivity contribution in [2.75, 3.05) is 19.7 Å². The van der Waals surface area contributed by atoms with E-state index in [9.17, 15) is 13.6 Å². The SMILES string of the molecule is CC(C)COc1ccc(OC(=O)N[C@H]2CCN(Cc3ccc(F)cc3)C[C@H]2F)cc1. The second-order valence-corrected chi connectivity index (χ2v) is 7.98. The average molecular weight is 418 g/mol. The second-order valence-electron chi connectivity index (χ2n) is 7.98. The van der Waals surface area contributed by atoms with E-state index in [2.05, 4.69) is 19.2 Å². The number of carbonyl (C=O) groups is 1. The monoisotopic (exact) mass is 418 g/mol. The summed E-state index contributed by atoms with van der Waals surface area (Å²) in [6.45, 7) is 6.11. The van der Waals surface area contributed by atoms with Gasteiger partial charge in [-0.05, 0) is 54.3 Å². The Hall–Kier alpha value is -2.67. The van der Waals surface area contributed by atoms with Crippen LogP contribution in [-0.4, -0.2) is 42.9 Å². The maximum absolute atomic E-state index is 14.6. The molecular weight excluding hydrogens is 390 g/mol. The number of alkyl halides is 1. The molecule has 0 spiro atoms. The number of piperidine rings is 1. The number of ether oxygens (including phenoxy) is 2. The highest BCUT2D eigenvalue weighted by atomic mass is 19.1. The molecule has 2 aromatic carbocycles. The summed E-state index contributed by atoms with van der Waals surface area (Å²) in [5.74, 6) is 1.20. The zero-order valence-electron chi connectivity index (χ0n) is 17.3. The van der Waals surface area contributed by atoms with Gasteiger partial charge < -0.3 is 14.8 Å². The van der Waals surface area contributed by atoms with Crippen LogP contribution in [-0.2, 0) is 6.54 Å². The topological polar surface area (TPSA) is 50.8 Å². The molecule has 0 bridgehead atoms. The summed E-state index contributed by atoms with van der Waals surface area (Å²) in [4.78, 5) is 14.1. The summed E-state index contributed by atoms with van der Waals surface area (Å²) in [6, 6.07) is 12.3. The molecule has 0 aromatic heterocycles. The van der Waals surface area contributed by atoms with Crippen molar-refractivity contribution in [2.45, 2.75) is 39.0 Å². The number of hydrogen-bond acceptors (Lipinski definition) is 4. The van der Waals surface area contributed by atoms with E-state index in [1.807, 2.05) is 4.90 Å². The molecule has 0 saturated carbocycles. The quantitative estimate of drug-likeness (QED) is 0.716. The molecule has 1 aliphatic heterocycles. The molecule has 1 heterocycles. The van der Waals surface area contributed by atoms with E-state index in [0.717, 1.165) is 5.56 Å². The first-order valence-electron chi connectivity index (χ1n) is 10.2. The fourth-order valence-electron chi connectivity index (χ4n) is 3.28. The molecule has 0 unspecified atom stereocenters. The smallest absolute Gasteiger partial charge is 0.412 e. The zero-order valence-corrected chi connectivity index (χ0v) is 17.3. The number of amides is 1. The maximum atomic E-state index is 14.6. The lowest BCUT2D eigenvalue weighted by atomic mass is 10.0. The van der Waals surface area contributed by atoms with Gasteiger partial charge in [0, 0.05) is 19.6 Å². The number of hydrogen-bond donors (Lipinski definition) is 1. The molecule has 7 heteroatoms. The van der Waals surface area contributed by atoms with Gasteiger partial charge in [-0.25, -0.2) is 13.6 Å². The lowest BCUT2D eigenvalue weighted by Crippen LogP contribution is -2.52. The van der Waals surface area contributed by atoms with Crippen LogP contribution >= 0.6 is 0 Å². The maximum Gasteiger partial charge on any atom is 0.412 e. The van der Waals surface area contributed by atoms with Crippen LogP contribution in [0.5, 0.6) is 11.5 Å². The van der Waals surface area contributed by atoms with Crippen LogP contribution in [0.2, 0.25) is 0 Å². The lowest BCUT2D eigenvalue weighted by Gasteiger charge is -2.34. The van der Waals surface area contributed by atoms with Gasteiger partial charge in [0.2, 0.25) is 0 Å². The number of nitrogens with one attached hydrogen (secondary N) is 1. The summed E-state index contributed by atoms with van der Waals surface area (Å²) >= 11 is 0. The molecule has 1 saturated heterocycles. The normalized spacial score (nSPS) is 19.5. The number of nitrogens with zero attached hydrogens (tertiary/aromatic N) is 1. The summed E-state index contributed by atoms with van der Waals surface area (Å²) in [5.41, 5.74) is 0.926. The third-order valence-electron chi connectivity index (χ3n) is 4.87. The number of likely N-dealkylation sites (tertiary alicyclic amines) is 1. The van der Waals surface area contributed by atoms with Crippen LogP contribution in [0.1, 0.15) is 25.8 Å². The van der Waals surface area contributed by atoms with E-state index >= 15 is 0 Å². The first-order valence-corrected chi connectivity index (χ1v) is 10.2. The van der Waals surface area contributed by atoms with Gasteiger partial charge >= 0.3 is 6.09 Å². The largest absolute Gasteiger partial charge is 0.493 e. The van der Waals surface area contributed by atoms with E-state index < -0.39 is 18.3 Å². The first-order chi connectivity index (χ1) is 14.4. The second kappa shape index (κ2) is 10.4. The van der Waals surface area contributed by atoms with E-state index in [1.165, 1.54) is 12.1 Å². The highest BCUT2D eigenvalue weighted by Crippen LogP contribution is 2.20. The molecule has 30 heavy (non-hydrogen) atoms. The van der Waals surface area contributed by atoms with Gasteiger partial charge in [-0.2, -0.15) is 0 Å². The van der Waals surface area contributed by atoms with Crippen molar-refractivity contribution in [2.24, 2.45) is 5.92 Å². The Morgan fingerprint density at radius 2 is 1.80 bits per heavy atom. The van der Waals surface area contributed by atoms with Crippen LogP contribution in [0.3, 0.4) is 0 Å². The van der Waals surface area contributed by atoms with Crippen molar-refractivity contribution in [3.63, 3.8) is 0 Å². The molecule has 1 N–H and O–H groups in total. The summed E-state index contributed by atoms with van der Waals surface area (Å²) in [7, 11) is 0. The van der Waals surface area contributed by atoms with Gasteiger partial charge in [0.05, 0.1) is 12.6 Å². The summed E-state index contributed by atoms with van der Waals surface area (Å²) in [6.07, 6.45) is -1.41. The Morgan fingerprint density at radius 3 is 2.43 bits per heavy atom. The van der Waals surface area contributed by atoms with Crippen molar-refractivity contribution >= 4 is 6.09 Å². The third kappa shape index (κ3) is 6.69. The molecule has 0 radical (unpaired) electrons. The standard InChI is InChI=1S/C23H28F2N2O3/c1-16(2)15-29-19-7-9-20(10-8-19)30-23(28)26-22-11-12-27(14-21(22)25)13-17-3-5-18(24)6-4-17/h3-10,16,21-22H,11-15H2,1-2H3,(H,26,28)/t21-,22+/m1/s1. The predicted molar refractivity (Wildman–Crippen MR) is 111 cm³/mol. The highest BCUT2D eigenvalue weighted by Gasteiger charge is 2.30. The fraction of sp³-hybridized carbons (Fsp3) is 0.435. The van der Waals surface area contributed by atoms with Gasteiger partial charge in [-0.1, -0.05) is 26.0 Å². The molecule has 2 atom stereocenters. The van der Waals surface area contributed by atoms with Crippen molar-refractivity contribution in [3.8, 4) is 11.5 Å². The number of benzene rings is 2. The van der Waals surface area contributed by atoms with Crippen LogP contribution in [0.15, 0.2) is 48.5 Å². The van der Waals surface area contributed by atoms with Gasteiger partial charge in [0.25, 0.3) is 0 Å². The highest BCUT2D eigenvalue weighted by molar-refractivity contribution is 5.70. The Bertz CT molecular complexity index is 812. The van der Waals surface area contributed by atoms with Gasteiger partial charge in [0.15, 0.2) is 0 Å².